The van der Waals surface area contributed by atoms with Gasteiger partial charge in [-0.3, -0.25) is 4.79 Å². The highest BCUT2D eigenvalue weighted by atomic mass is 16.5. The Balaban J connectivity index is 1.89. The van der Waals surface area contributed by atoms with Crippen molar-refractivity contribution in [2.45, 2.75) is 25.9 Å². The van der Waals surface area contributed by atoms with Crippen LogP contribution in [0.3, 0.4) is 0 Å². The van der Waals surface area contributed by atoms with Gasteiger partial charge >= 0.3 is 0 Å². The molecule has 0 aliphatic carbocycles. The lowest BCUT2D eigenvalue weighted by atomic mass is 10.2. The molecule has 0 saturated carbocycles. The fraction of sp³-hybridized carbons (Fsp3) is 0.533. The van der Waals surface area contributed by atoms with Gasteiger partial charge in [-0.1, -0.05) is 19.1 Å². The zero-order valence-corrected chi connectivity index (χ0v) is 11.9. The van der Waals surface area contributed by atoms with E-state index in [0.717, 1.165) is 26.0 Å². The van der Waals surface area contributed by atoms with Crippen LogP contribution in [0.5, 0.6) is 5.75 Å². The molecule has 0 bridgehead atoms. The molecule has 2 N–H and O–H groups in total. The van der Waals surface area contributed by atoms with Crippen LogP contribution in [0, 0.1) is 0 Å². The van der Waals surface area contributed by atoms with Gasteiger partial charge in [0.25, 0.3) is 0 Å². The van der Waals surface area contributed by atoms with E-state index >= 15 is 0 Å². The average Bonchev–Trinajstić information content (AvgIpc) is 2.97. The highest BCUT2D eigenvalue weighted by Crippen LogP contribution is 2.24. The van der Waals surface area contributed by atoms with Crippen molar-refractivity contribution in [3.8, 4) is 5.75 Å². The van der Waals surface area contributed by atoms with Crippen LogP contribution in [-0.4, -0.2) is 38.3 Å². The molecule has 1 aliphatic rings. The molecule has 1 saturated heterocycles. The Morgan fingerprint density at radius 3 is 3.05 bits per heavy atom. The molecule has 1 aliphatic heterocycles. The van der Waals surface area contributed by atoms with Crippen molar-refractivity contribution in [1.82, 2.24) is 5.32 Å². The van der Waals surface area contributed by atoms with E-state index in [4.69, 9.17) is 9.47 Å². The minimum absolute atomic E-state index is 0.0694. The second-order valence-electron chi connectivity index (χ2n) is 4.77. The van der Waals surface area contributed by atoms with Crippen molar-refractivity contribution in [1.29, 1.82) is 0 Å². The van der Waals surface area contributed by atoms with Crippen molar-refractivity contribution in [2.24, 2.45) is 0 Å². The summed E-state index contributed by atoms with van der Waals surface area (Å²) in [5.74, 6) is 0.618. The summed E-state index contributed by atoms with van der Waals surface area (Å²) in [6, 6.07) is 7.47. The summed E-state index contributed by atoms with van der Waals surface area (Å²) in [5, 5.41) is 5.85. The Kier molecular flexibility index (Phi) is 5.83. The van der Waals surface area contributed by atoms with Crippen LogP contribution in [0.15, 0.2) is 24.3 Å². The van der Waals surface area contributed by atoms with Gasteiger partial charge in [-0.15, -0.1) is 0 Å². The first kappa shape index (κ1) is 14.8. The number of nitrogens with one attached hydrogen (secondary N) is 2. The Hall–Kier alpha value is -1.59. The number of likely N-dealkylation sites (N-methyl/N-ethyl adjacent to an activating group) is 1. The number of hydrogen-bond donors (Lipinski definition) is 2. The number of anilines is 1. The van der Waals surface area contributed by atoms with Gasteiger partial charge in [-0.2, -0.15) is 0 Å². The SMILES string of the molecule is CCNCC(=O)Nc1ccccc1OCC1CCCO1. The van der Waals surface area contributed by atoms with Gasteiger partial charge in [0.2, 0.25) is 5.91 Å². The molecular formula is C15H22N2O3. The maximum absolute atomic E-state index is 11.7. The third kappa shape index (κ3) is 4.51. The van der Waals surface area contributed by atoms with Crippen molar-refractivity contribution in [2.75, 3.05) is 31.6 Å². The van der Waals surface area contributed by atoms with E-state index in [1.165, 1.54) is 0 Å². The molecule has 0 radical (unpaired) electrons. The molecule has 1 fully saturated rings. The smallest absolute Gasteiger partial charge is 0.238 e. The van der Waals surface area contributed by atoms with Crippen molar-refractivity contribution < 1.29 is 14.3 Å². The zero-order chi connectivity index (χ0) is 14.2. The molecule has 1 aromatic rings. The number of rotatable bonds is 7. The average molecular weight is 278 g/mol. The minimum Gasteiger partial charge on any atom is -0.489 e. The molecule has 2 rings (SSSR count). The monoisotopic (exact) mass is 278 g/mol. The van der Waals surface area contributed by atoms with Crippen LogP contribution in [0.25, 0.3) is 0 Å². The molecule has 5 nitrogen and oxygen atoms in total. The maximum Gasteiger partial charge on any atom is 0.238 e. The first-order valence-electron chi connectivity index (χ1n) is 7.13. The lowest BCUT2D eigenvalue weighted by Gasteiger charge is -2.15. The van der Waals surface area contributed by atoms with E-state index in [1.807, 2.05) is 31.2 Å². The maximum atomic E-state index is 11.7. The van der Waals surface area contributed by atoms with Gasteiger partial charge < -0.3 is 20.1 Å². The number of carbonyl (C=O) groups excluding carboxylic acids is 1. The molecule has 1 heterocycles. The van der Waals surface area contributed by atoms with Crippen LogP contribution in [0.1, 0.15) is 19.8 Å². The van der Waals surface area contributed by atoms with Crippen molar-refractivity contribution in [3.63, 3.8) is 0 Å². The first-order chi connectivity index (χ1) is 9.79. The van der Waals surface area contributed by atoms with E-state index in [2.05, 4.69) is 10.6 Å². The third-order valence-electron chi connectivity index (χ3n) is 3.15. The summed E-state index contributed by atoms with van der Waals surface area (Å²) in [6.45, 7) is 4.38. The second kappa shape index (κ2) is 7.87. The van der Waals surface area contributed by atoms with E-state index in [-0.39, 0.29) is 12.0 Å². The Bertz CT molecular complexity index is 431. The Labute approximate surface area is 119 Å². The summed E-state index contributed by atoms with van der Waals surface area (Å²) in [4.78, 5) is 11.7. The molecule has 0 aromatic heterocycles. The second-order valence-corrected chi connectivity index (χ2v) is 4.77. The predicted octanol–water partition coefficient (Wildman–Crippen LogP) is 1.79. The highest BCUT2D eigenvalue weighted by molar-refractivity contribution is 5.93. The molecule has 20 heavy (non-hydrogen) atoms. The van der Waals surface area contributed by atoms with E-state index in [9.17, 15) is 4.79 Å². The lowest BCUT2D eigenvalue weighted by Crippen LogP contribution is -2.28. The predicted molar refractivity (Wildman–Crippen MR) is 78.1 cm³/mol. The summed E-state index contributed by atoms with van der Waals surface area (Å²) in [6.07, 6.45) is 2.30. The number of ether oxygens (including phenoxy) is 2. The largest absolute Gasteiger partial charge is 0.489 e. The minimum atomic E-state index is -0.0694. The lowest BCUT2D eigenvalue weighted by molar-refractivity contribution is -0.115. The summed E-state index contributed by atoms with van der Waals surface area (Å²) in [5.41, 5.74) is 0.702. The molecule has 1 atom stereocenters. The third-order valence-corrected chi connectivity index (χ3v) is 3.15. The number of amides is 1. The van der Waals surface area contributed by atoms with E-state index < -0.39 is 0 Å². The molecule has 110 valence electrons. The zero-order valence-electron chi connectivity index (χ0n) is 11.9. The van der Waals surface area contributed by atoms with Crippen molar-refractivity contribution in [3.05, 3.63) is 24.3 Å². The van der Waals surface area contributed by atoms with Gasteiger partial charge in [0.05, 0.1) is 18.3 Å². The van der Waals surface area contributed by atoms with Crippen molar-refractivity contribution >= 4 is 11.6 Å². The van der Waals surface area contributed by atoms with Gasteiger partial charge in [0.1, 0.15) is 12.4 Å². The fourth-order valence-corrected chi connectivity index (χ4v) is 2.09. The van der Waals surface area contributed by atoms with Crippen LogP contribution >= 0.6 is 0 Å². The molecular weight excluding hydrogens is 256 g/mol. The van der Waals surface area contributed by atoms with Gasteiger partial charge in [0.15, 0.2) is 0 Å². The first-order valence-corrected chi connectivity index (χ1v) is 7.13. The topological polar surface area (TPSA) is 59.6 Å². The van der Waals surface area contributed by atoms with Crippen LogP contribution in [0.4, 0.5) is 5.69 Å². The molecule has 0 spiro atoms. The summed E-state index contributed by atoms with van der Waals surface area (Å²) < 4.78 is 11.3. The molecule has 1 unspecified atom stereocenters. The van der Waals surface area contributed by atoms with Crippen LogP contribution < -0.4 is 15.4 Å². The number of carbonyl (C=O) groups is 1. The number of benzene rings is 1. The molecule has 1 aromatic carbocycles. The van der Waals surface area contributed by atoms with E-state index in [1.54, 1.807) is 0 Å². The Morgan fingerprint density at radius 2 is 2.30 bits per heavy atom. The molecule has 5 heteroatoms. The van der Waals surface area contributed by atoms with E-state index in [0.29, 0.717) is 24.6 Å². The van der Waals surface area contributed by atoms with Gasteiger partial charge in [-0.05, 0) is 31.5 Å². The highest BCUT2D eigenvalue weighted by Gasteiger charge is 2.17. The summed E-state index contributed by atoms with van der Waals surface area (Å²) in [7, 11) is 0. The number of hydrogen-bond acceptors (Lipinski definition) is 4. The van der Waals surface area contributed by atoms with Gasteiger partial charge in [0, 0.05) is 6.61 Å². The number of para-hydroxylation sites is 2. The van der Waals surface area contributed by atoms with Gasteiger partial charge in [-0.25, -0.2) is 0 Å². The summed E-state index contributed by atoms with van der Waals surface area (Å²) >= 11 is 0. The van der Waals surface area contributed by atoms with Crippen LogP contribution in [-0.2, 0) is 9.53 Å². The standard InChI is InChI=1S/C15H22N2O3/c1-2-16-10-15(18)17-13-7-3-4-8-14(13)20-11-12-6-5-9-19-12/h3-4,7-8,12,16H,2,5-6,9-11H2,1H3,(H,17,18). The quantitative estimate of drug-likeness (QED) is 0.798. The Morgan fingerprint density at radius 1 is 1.45 bits per heavy atom. The fourth-order valence-electron chi connectivity index (χ4n) is 2.09. The molecule has 1 amide bonds. The van der Waals surface area contributed by atoms with Crippen LogP contribution in [0.2, 0.25) is 0 Å². The normalized spacial score (nSPS) is 17.9.